The van der Waals surface area contributed by atoms with Crippen LogP contribution in [0.2, 0.25) is 0 Å². The van der Waals surface area contributed by atoms with Crippen molar-refractivity contribution in [1.29, 1.82) is 0 Å². The van der Waals surface area contributed by atoms with E-state index < -0.39 is 0 Å². The molecule has 0 N–H and O–H groups in total. The predicted octanol–water partition coefficient (Wildman–Crippen LogP) is 1.99. The van der Waals surface area contributed by atoms with E-state index in [0.29, 0.717) is 5.92 Å². The number of hydrogen-bond acceptors (Lipinski definition) is 1. The van der Waals surface area contributed by atoms with Gasteiger partial charge in [0.1, 0.15) is 0 Å². The van der Waals surface area contributed by atoms with Crippen LogP contribution in [0.4, 0.5) is 0 Å². The molecule has 0 spiro atoms. The molecule has 0 aliphatic heterocycles. The first kappa shape index (κ1) is 4.55. The Labute approximate surface area is 64.9 Å². The fourth-order valence-electron chi connectivity index (χ4n) is 1.79. The molecule has 0 radical (unpaired) electrons. The molecule has 1 heteroatoms. The molecule has 2 bridgehead atoms. The lowest BCUT2D eigenvalue weighted by Gasteiger charge is -2.21. The fourth-order valence-corrected chi connectivity index (χ4v) is 1.79. The van der Waals surface area contributed by atoms with Crippen LogP contribution >= 0.6 is 0 Å². The van der Waals surface area contributed by atoms with E-state index >= 15 is 0 Å². The van der Waals surface area contributed by atoms with Crippen molar-refractivity contribution in [3.05, 3.63) is 12.2 Å². The van der Waals surface area contributed by atoms with Crippen molar-refractivity contribution >= 4 is 0 Å². The molecule has 1 fully saturated rings. The Morgan fingerprint density at radius 2 is 2.40 bits per heavy atom. The minimum absolute atomic E-state index is 0.0825. The number of hydrogen-bond donors (Lipinski definition) is 0. The maximum Gasteiger partial charge on any atom is 0.0780 e. The molecule has 0 aromatic heterocycles. The standard InChI is InChI=1S/C9H14O/c1-10-9-5-3-7-2-4-8(9)6-7/h3,5,7-9H,2,4,6H2,1H3/t7-,8-,9-/m1/s1/i2D,4D/t2-,4+,7-,8-,9-. The number of fused-ring (bicyclic) bond motifs is 2. The van der Waals surface area contributed by atoms with Crippen LogP contribution in [0.1, 0.15) is 22.0 Å². The maximum atomic E-state index is 7.79. The van der Waals surface area contributed by atoms with Crippen molar-refractivity contribution in [3.63, 3.8) is 0 Å². The SMILES string of the molecule is [2H][C@@H]1[C@H]([2H])[C@@H]2C[C@H]1C=C[C@H]2OC. The van der Waals surface area contributed by atoms with E-state index in [9.17, 15) is 0 Å². The molecule has 1 nitrogen and oxygen atoms in total. The summed E-state index contributed by atoms with van der Waals surface area (Å²) in [4.78, 5) is 0. The first-order chi connectivity index (χ1) is 5.74. The van der Waals surface area contributed by atoms with Crippen LogP contribution in [0, 0.1) is 11.8 Å². The average molecular weight is 140 g/mol. The highest BCUT2D eigenvalue weighted by Crippen LogP contribution is 2.38. The zero-order valence-electron chi connectivity index (χ0n) is 8.16. The average Bonchev–Trinajstić information content (AvgIpc) is 2.33. The van der Waals surface area contributed by atoms with Gasteiger partial charge in [-0.1, -0.05) is 12.2 Å². The zero-order valence-corrected chi connectivity index (χ0v) is 6.16. The minimum Gasteiger partial charge on any atom is -0.377 e. The smallest absolute Gasteiger partial charge is 0.0780 e. The summed E-state index contributed by atoms with van der Waals surface area (Å²) in [6.45, 7) is 0. The van der Waals surface area contributed by atoms with Crippen molar-refractivity contribution in [2.24, 2.45) is 11.8 Å². The van der Waals surface area contributed by atoms with Gasteiger partial charge in [0.05, 0.1) is 6.10 Å². The van der Waals surface area contributed by atoms with Crippen LogP contribution < -0.4 is 0 Å². The summed E-state index contributed by atoms with van der Waals surface area (Å²) >= 11 is 0. The zero-order chi connectivity index (χ0) is 8.72. The molecule has 1 saturated carbocycles. The van der Waals surface area contributed by atoms with Crippen LogP contribution in [0.15, 0.2) is 12.2 Å². The third kappa shape index (κ3) is 0.891. The van der Waals surface area contributed by atoms with Crippen LogP contribution in [0.5, 0.6) is 0 Å². The van der Waals surface area contributed by atoms with Crippen LogP contribution in [-0.2, 0) is 4.74 Å². The largest absolute Gasteiger partial charge is 0.377 e. The quantitative estimate of drug-likeness (QED) is 0.506. The van der Waals surface area contributed by atoms with Gasteiger partial charge in [-0.25, -0.2) is 0 Å². The lowest BCUT2D eigenvalue weighted by atomic mass is 9.93. The number of allylic oxidation sites excluding steroid dienone is 1. The Bertz CT molecular complexity index is 205. The molecule has 0 saturated heterocycles. The molecule has 0 amide bonds. The van der Waals surface area contributed by atoms with E-state index in [-0.39, 0.29) is 24.8 Å². The second-order valence-corrected chi connectivity index (χ2v) is 3.03. The third-order valence-corrected chi connectivity index (χ3v) is 2.39. The van der Waals surface area contributed by atoms with E-state index in [0.717, 1.165) is 6.42 Å². The highest BCUT2D eigenvalue weighted by Gasteiger charge is 2.31. The van der Waals surface area contributed by atoms with Crippen LogP contribution in [0.25, 0.3) is 0 Å². The summed E-state index contributed by atoms with van der Waals surface area (Å²) in [5.41, 5.74) is 0. The van der Waals surface area contributed by atoms with Gasteiger partial charge in [-0.2, -0.15) is 0 Å². The van der Waals surface area contributed by atoms with Gasteiger partial charge >= 0.3 is 0 Å². The minimum atomic E-state index is -0.255. The van der Waals surface area contributed by atoms with Gasteiger partial charge in [0.15, 0.2) is 0 Å². The summed E-state index contributed by atoms with van der Waals surface area (Å²) < 4.78 is 20.8. The van der Waals surface area contributed by atoms with Crippen molar-refractivity contribution in [3.8, 4) is 0 Å². The molecular formula is C9H14O. The molecule has 2 aliphatic carbocycles. The van der Waals surface area contributed by atoms with E-state index in [2.05, 4.69) is 6.08 Å². The Morgan fingerprint density at radius 1 is 1.50 bits per heavy atom. The fraction of sp³-hybridized carbons (Fsp3) is 0.778. The summed E-state index contributed by atoms with van der Waals surface area (Å²) in [5, 5.41) is 0. The van der Waals surface area contributed by atoms with Gasteiger partial charge in [0.25, 0.3) is 0 Å². The molecule has 0 aromatic rings. The molecule has 10 heavy (non-hydrogen) atoms. The van der Waals surface area contributed by atoms with Gasteiger partial charge in [-0.3, -0.25) is 0 Å². The van der Waals surface area contributed by atoms with E-state index in [1.807, 2.05) is 6.08 Å². The molecule has 2 aliphatic rings. The van der Waals surface area contributed by atoms with E-state index in [4.69, 9.17) is 7.48 Å². The van der Waals surface area contributed by atoms with Gasteiger partial charge in [0.2, 0.25) is 0 Å². The lowest BCUT2D eigenvalue weighted by molar-refractivity contribution is 0.0871. The maximum absolute atomic E-state index is 7.79. The van der Waals surface area contributed by atoms with Crippen LogP contribution in [0.3, 0.4) is 0 Å². The van der Waals surface area contributed by atoms with Crippen molar-refractivity contribution in [1.82, 2.24) is 0 Å². The van der Waals surface area contributed by atoms with Gasteiger partial charge < -0.3 is 4.74 Å². The number of rotatable bonds is 1. The molecule has 56 valence electrons. The summed E-state index contributed by atoms with van der Waals surface area (Å²) in [5.74, 6) is 0.566. The first-order valence-electron chi connectivity index (χ1n) is 4.95. The second-order valence-electron chi connectivity index (χ2n) is 3.03. The number of ether oxygens (including phenoxy) is 1. The summed E-state index contributed by atoms with van der Waals surface area (Å²) in [6.07, 6.45) is 4.64. The second kappa shape index (κ2) is 2.39. The first-order valence-corrected chi connectivity index (χ1v) is 3.79. The molecule has 0 heterocycles. The van der Waals surface area contributed by atoms with Crippen molar-refractivity contribution in [2.45, 2.75) is 25.3 Å². The Balaban J connectivity index is 2.20. The Hall–Kier alpha value is -0.300. The van der Waals surface area contributed by atoms with Gasteiger partial charge in [-0.05, 0) is 31.1 Å². The Morgan fingerprint density at radius 3 is 3.20 bits per heavy atom. The molecule has 5 atom stereocenters. The molecular weight excluding hydrogens is 124 g/mol. The molecule has 0 aromatic carbocycles. The highest BCUT2D eigenvalue weighted by atomic mass is 16.5. The summed E-state index contributed by atoms with van der Waals surface area (Å²) in [7, 11) is 1.68. The normalized spacial score (nSPS) is 61.9. The molecule has 0 unspecified atom stereocenters. The predicted molar refractivity (Wildman–Crippen MR) is 40.8 cm³/mol. The van der Waals surface area contributed by atoms with Crippen LogP contribution in [-0.4, -0.2) is 13.2 Å². The van der Waals surface area contributed by atoms with Crippen molar-refractivity contribution in [2.75, 3.05) is 7.11 Å². The topological polar surface area (TPSA) is 9.23 Å². The summed E-state index contributed by atoms with van der Waals surface area (Å²) in [6, 6.07) is 0. The van der Waals surface area contributed by atoms with E-state index in [1.165, 1.54) is 0 Å². The lowest BCUT2D eigenvalue weighted by Crippen LogP contribution is -2.20. The highest BCUT2D eigenvalue weighted by molar-refractivity contribution is 5.06. The number of methoxy groups -OCH3 is 1. The Kier molecular flexibility index (Phi) is 1.09. The monoisotopic (exact) mass is 140 g/mol. The van der Waals surface area contributed by atoms with Crippen molar-refractivity contribution < 1.29 is 7.48 Å². The third-order valence-electron chi connectivity index (χ3n) is 2.39. The van der Waals surface area contributed by atoms with Gasteiger partial charge in [0, 0.05) is 9.85 Å². The van der Waals surface area contributed by atoms with E-state index in [1.54, 1.807) is 7.11 Å². The molecule has 2 rings (SSSR count). The van der Waals surface area contributed by atoms with Gasteiger partial charge in [-0.15, -0.1) is 0 Å².